The van der Waals surface area contributed by atoms with Crippen molar-refractivity contribution >= 4 is 17.7 Å². The summed E-state index contributed by atoms with van der Waals surface area (Å²) in [5.41, 5.74) is 3.37. The van der Waals surface area contributed by atoms with Crippen LogP contribution in [0.5, 0.6) is 0 Å². The Labute approximate surface area is 153 Å². The van der Waals surface area contributed by atoms with Crippen LogP contribution < -0.4 is 0 Å². The number of methoxy groups -OCH3 is 1. The standard InChI is InChI=1S/C20H24N2O4/c1-11-7-9-15(10-8-11)19(24)22(5)14(4)18(23)16-12(2)17(20(25)26-6)21-13(16)3/h7-10,14,21H,1-6H3/t14-/m0/s1. The lowest BCUT2D eigenvalue weighted by molar-refractivity contribution is 0.0593. The van der Waals surface area contributed by atoms with Gasteiger partial charge in [0.2, 0.25) is 0 Å². The lowest BCUT2D eigenvalue weighted by Gasteiger charge is -2.24. The molecule has 0 fully saturated rings. The van der Waals surface area contributed by atoms with Gasteiger partial charge in [-0.3, -0.25) is 9.59 Å². The number of aromatic amines is 1. The molecule has 0 saturated heterocycles. The summed E-state index contributed by atoms with van der Waals surface area (Å²) in [6.07, 6.45) is 0. The molecule has 0 spiro atoms. The fraction of sp³-hybridized carbons (Fsp3) is 0.350. The summed E-state index contributed by atoms with van der Waals surface area (Å²) in [5.74, 6) is -0.986. The summed E-state index contributed by atoms with van der Waals surface area (Å²) >= 11 is 0. The molecule has 138 valence electrons. The van der Waals surface area contributed by atoms with Crippen molar-refractivity contribution in [2.24, 2.45) is 0 Å². The number of amides is 1. The van der Waals surface area contributed by atoms with Crippen LogP contribution in [0, 0.1) is 20.8 Å². The fourth-order valence-corrected chi connectivity index (χ4v) is 2.89. The first-order valence-electron chi connectivity index (χ1n) is 8.34. The van der Waals surface area contributed by atoms with Crippen molar-refractivity contribution in [1.29, 1.82) is 0 Å². The number of carbonyl (C=O) groups excluding carboxylic acids is 3. The van der Waals surface area contributed by atoms with Crippen LogP contribution >= 0.6 is 0 Å². The van der Waals surface area contributed by atoms with Crippen LogP contribution in [-0.4, -0.2) is 47.7 Å². The third-order valence-corrected chi connectivity index (χ3v) is 4.65. The lowest BCUT2D eigenvalue weighted by atomic mass is 9.99. The zero-order chi connectivity index (χ0) is 19.6. The first-order chi connectivity index (χ1) is 12.2. The van der Waals surface area contributed by atoms with Crippen molar-refractivity contribution < 1.29 is 19.1 Å². The maximum absolute atomic E-state index is 13.0. The number of rotatable bonds is 5. The molecule has 1 amide bonds. The molecule has 1 N–H and O–H groups in total. The number of aromatic nitrogens is 1. The summed E-state index contributed by atoms with van der Waals surface area (Å²) in [6.45, 7) is 7.04. The Morgan fingerprint density at radius 2 is 1.65 bits per heavy atom. The molecule has 1 heterocycles. The van der Waals surface area contributed by atoms with Gasteiger partial charge in [-0.05, 0) is 45.4 Å². The number of esters is 1. The molecule has 0 aliphatic rings. The first-order valence-corrected chi connectivity index (χ1v) is 8.34. The number of nitrogens with one attached hydrogen (secondary N) is 1. The van der Waals surface area contributed by atoms with Gasteiger partial charge in [-0.1, -0.05) is 17.7 Å². The highest BCUT2D eigenvalue weighted by Crippen LogP contribution is 2.22. The highest BCUT2D eigenvalue weighted by molar-refractivity contribution is 6.07. The molecule has 0 unspecified atom stereocenters. The molecule has 0 saturated carbocycles. The number of benzene rings is 1. The second kappa shape index (κ2) is 7.56. The van der Waals surface area contributed by atoms with Crippen LogP contribution in [0.4, 0.5) is 0 Å². The van der Waals surface area contributed by atoms with E-state index in [1.54, 1.807) is 40.0 Å². The third-order valence-electron chi connectivity index (χ3n) is 4.65. The number of aryl methyl sites for hydroxylation is 2. The first kappa shape index (κ1) is 19.4. The summed E-state index contributed by atoms with van der Waals surface area (Å²) in [4.78, 5) is 41.8. The molecule has 0 aliphatic heterocycles. The van der Waals surface area contributed by atoms with E-state index in [9.17, 15) is 14.4 Å². The summed E-state index contributed by atoms with van der Waals surface area (Å²) in [7, 11) is 2.89. The van der Waals surface area contributed by atoms with Crippen LogP contribution in [0.3, 0.4) is 0 Å². The zero-order valence-electron chi connectivity index (χ0n) is 16.0. The molecule has 1 aromatic heterocycles. The van der Waals surface area contributed by atoms with Gasteiger partial charge in [0.1, 0.15) is 5.69 Å². The SMILES string of the molecule is COC(=O)c1[nH]c(C)c(C(=O)[C@H](C)N(C)C(=O)c2ccc(C)cc2)c1C. The molecule has 2 rings (SSSR count). The number of H-pyrrole nitrogens is 1. The number of carbonyl (C=O) groups is 3. The largest absolute Gasteiger partial charge is 0.464 e. The average Bonchev–Trinajstić information content (AvgIpc) is 2.93. The van der Waals surface area contributed by atoms with Crippen molar-refractivity contribution in [3.05, 3.63) is 57.9 Å². The number of hydrogen-bond donors (Lipinski definition) is 1. The van der Waals surface area contributed by atoms with E-state index in [4.69, 9.17) is 4.74 Å². The summed E-state index contributed by atoms with van der Waals surface area (Å²) < 4.78 is 4.73. The Morgan fingerprint density at radius 3 is 2.19 bits per heavy atom. The van der Waals surface area contributed by atoms with E-state index < -0.39 is 12.0 Å². The van der Waals surface area contributed by atoms with E-state index in [2.05, 4.69) is 4.98 Å². The van der Waals surface area contributed by atoms with Crippen molar-refractivity contribution in [1.82, 2.24) is 9.88 Å². The molecule has 2 aromatic rings. The molecule has 0 radical (unpaired) electrons. The van der Waals surface area contributed by atoms with Crippen LogP contribution in [-0.2, 0) is 4.74 Å². The maximum Gasteiger partial charge on any atom is 0.354 e. The average molecular weight is 356 g/mol. The van der Waals surface area contributed by atoms with E-state index in [1.807, 2.05) is 19.1 Å². The van der Waals surface area contributed by atoms with Crippen molar-refractivity contribution in [2.45, 2.75) is 33.7 Å². The highest BCUT2D eigenvalue weighted by Gasteiger charge is 2.29. The van der Waals surface area contributed by atoms with Crippen LogP contribution in [0.2, 0.25) is 0 Å². The van der Waals surface area contributed by atoms with E-state index >= 15 is 0 Å². The minimum atomic E-state index is -0.678. The van der Waals surface area contributed by atoms with Gasteiger partial charge in [-0.2, -0.15) is 0 Å². The maximum atomic E-state index is 13.0. The predicted octanol–water partition coefficient (Wildman–Crippen LogP) is 3.07. The van der Waals surface area contributed by atoms with E-state index in [1.165, 1.54) is 12.0 Å². The van der Waals surface area contributed by atoms with Gasteiger partial charge >= 0.3 is 5.97 Å². The fourth-order valence-electron chi connectivity index (χ4n) is 2.89. The molecule has 1 atom stereocenters. The number of hydrogen-bond acceptors (Lipinski definition) is 4. The number of ketones is 1. The topological polar surface area (TPSA) is 79.5 Å². The summed E-state index contributed by atoms with van der Waals surface area (Å²) in [5, 5.41) is 0. The van der Waals surface area contributed by atoms with Gasteiger partial charge in [0, 0.05) is 23.9 Å². The van der Waals surface area contributed by atoms with Crippen molar-refractivity contribution in [3.8, 4) is 0 Å². The quantitative estimate of drug-likeness (QED) is 0.659. The Morgan fingerprint density at radius 1 is 1.08 bits per heavy atom. The monoisotopic (exact) mass is 356 g/mol. The normalized spacial score (nSPS) is 11.8. The minimum absolute atomic E-state index is 0.227. The number of ether oxygens (including phenoxy) is 1. The Kier molecular flexibility index (Phi) is 5.65. The van der Waals surface area contributed by atoms with Crippen molar-refractivity contribution in [2.75, 3.05) is 14.2 Å². The van der Waals surface area contributed by atoms with Gasteiger partial charge in [0.05, 0.1) is 13.2 Å². The molecule has 6 heteroatoms. The summed E-state index contributed by atoms with van der Waals surface area (Å²) in [6, 6.07) is 6.52. The molecule has 1 aromatic carbocycles. The molecule has 26 heavy (non-hydrogen) atoms. The Hall–Kier alpha value is -2.89. The number of nitrogens with zero attached hydrogens (tertiary/aromatic N) is 1. The Balaban J connectivity index is 2.29. The van der Waals surface area contributed by atoms with Crippen LogP contribution in [0.1, 0.15) is 54.9 Å². The molecular formula is C20H24N2O4. The lowest BCUT2D eigenvalue weighted by Crippen LogP contribution is -2.40. The minimum Gasteiger partial charge on any atom is -0.464 e. The van der Waals surface area contributed by atoms with Crippen LogP contribution in [0.25, 0.3) is 0 Å². The van der Waals surface area contributed by atoms with E-state index in [-0.39, 0.29) is 17.4 Å². The van der Waals surface area contributed by atoms with Crippen molar-refractivity contribution in [3.63, 3.8) is 0 Å². The van der Waals surface area contributed by atoms with Gasteiger partial charge in [-0.25, -0.2) is 4.79 Å². The second-order valence-corrected chi connectivity index (χ2v) is 6.44. The molecular weight excluding hydrogens is 332 g/mol. The molecule has 6 nitrogen and oxygen atoms in total. The highest BCUT2D eigenvalue weighted by atomic mass is 16.5. The molecule has 0 bridgehead atoms. The van der Waals surface area contributed by atoms with E-state index in [0.29, 0.717) is 22.4 Å². The smallest absolute Gasteiger partial charge is 0.354 e. The molecule has 0 aliphatic carbocycles. The second-order valence-electron chi connectivity index (χ2n) is 6.44. The predicted molar refractivity (Wildman–Crippen MR) is 98.7 cm³/mol. The number of likely N-dealkylation sites (N-methyl/N-ethyl adjacent to an activating group) is 1. The van der Waals surface area contributed by atoms with Gasteiger partial charge in [-0.15, -0.1) is 0 Å². The zero-order valence-corrected chi connectivity index (χ0v) is 16.0. The van der Waals surface area contributed by atoms with Crippen LogP contribution in [0.15, 0.2) is 24.3 Å². The number of Topliss-reactive ketones (excluding diaryl/α,β-unsaturated/α-hetero) is 1. The van der Waals surface area contributed by atoms with E-state index in [0.717, 1.165) is 5.56 Å². The van der Waals surface area contributed by atoms with Gasteiger partial charge in [0.15, 0.2) is 5.78 Å². The Bertz CT molecular complexity index is 849. The van der Waals surface area contributed by atoms with Gasteiger partial charge in [0.25, 0.3) is 5.91 Å². The van der Waals surface area contributed by atoms with Gasteiger partial charge < -0.3 is 14.6 Å². The third kappa shape index (κ3) is 3.54.